The molecule has 19 heavy (non-hydrogen) atoms. The third-order valence-corrected chi connectivity index (χ3v) is 2.70. The van der Waals surface area contributed by atoms with Gasteiger partial charge in [-0.2, -0.15) is 5.10 Å². The summed E-state index contributed by atoms with van der Waals surface area (Å²) in [5, 5.41) is 16.2. The summed E-state index contributed by atoms with van der Waals surface area (Å²) in [7, 11) is 0. The number of alkyl halides is 2. The first kappa shape index (κ1) is 13.4. The molecule has 1 aromatic carbocycles. The SMILES string of the molecule is O=C(c1ccc2cn[nH]c2c1)N(CCO)CC(F)F. The minimum absolute atomic E-state index is 0.121. The van der Waals surface area contributed by atoms with Crippen molar-refractivity contribution in [2.75, 3.05) is 19.7 Å². The van der Waals surface area contributed by atoms with E-state index in [0.717, 1.165) is 10.3 Å². The number of aromatic nitrogens is 2. The lowest BCUT2D eigenvalue weighted by atomic mass is 10.1. The van der Waals surface area contributed by atoms with Crippen LogP contribution < -0.4 is 0 Å². The Hall–Kier alpha value is -2.02. The quantitative estimate of drug-likeness (QED) is 0.858. The maximum Gasteiger partial charge on any atom is 0.255 e. The molecule has 0 atom stereocenters. The molecule has 0 saturated heterocycles. The fourth-order valence-electron chi connectivity index (χ4n) is 1.82. The largest absolute Gasteiger partial charge is 0.395 e. The average molecular weight is 269 g/mol. The summed E-state index contributed by atoms with van der Waals surface area (Å²) in [5.41, 5.74) is 0.942. The summed E-state index contributed by atoms with van der Waals surface area (Å²) in [5.74, 6) is -0.536. The first-order chi connectivity index (χ1) is 9.11. The molecule has 0 fully saturated rings. The van der Waals surface area contributed by atoms with Crippen molar-refractivity contribution < 1.29 is 18.7 Å². The first-order valence-corrected chi connectivity index (χ1v) is 5.73. The Bertz CT molecular complexity index is 571. The van der Waals surface area contributed by atoms with Crippen molar-refractivity contribution >= 4 is 16.8 Å². The number of fused-ring (bicyclic) bond motifs is 1. The van der Waals surface area contributed by atoms with Crippen molar-refractivity contribution in [1.82, 2.24) is 15.1 Å². The predicted octanol–water partition coefficient (Wildman–Crippen LogP) is 1.26. The number of nitrogens with one attached hydrogen (secondary N) is 1. The van der Waals surface area contributed by atoms with Crippen LogP contribution in [-0.2, 0) is 0 Å². The van der Waals surface area contributed by atoms with Gasteiger partial charge in [-0.3, -0.25) is 9.89 Å². The molecule has 0 saturated carbocycles. The van der Waals surface area contributed by atoms with Crippen LogP contribution in [0.3, 0.4) is 0 Å². The number of aromatic amines is 1. The van der Waals surface area contributed by atoms with Crippen LogP contribution in [0.25, 0.3) is 10.9 Å². The molecule has 0 unspecified atom stereocenters. The van der Waals surface area contributed by atoms with Gasteiger partial charge in [0.15, 0.2) is 0 Å². The highest BCUT2D eigenvalue weighted by molar-refractivity contribution is 5.97. The fraction of sp³-hybridized carbons (Fsp3) is 0.333. The number of carbonyl (C=O) groups is 1. The maximum absolute atomic E-state index is 12.4. The molecule has 1 amide bonds. The van der Waals surface area contributed by atoms with Crippen LogP contribution in [0.4, 0.5) is 8.78 Å². The van der Waals surface area contributed by atoms with E-state index in [0.29, 0.717) is 5.52 Å². The highest BCUT2D eigenvalue weighted by Gasteiger charge is 2.19. The van der Waals surface area contributed by atoms with Crippen molar-refractivity contribution in [3.05, 3.63) is 30.0 Å². The second-order valence-corrected chi connectivity index (χ2v) is 4.04. The Balaban J connectivity index is 2.24. The predicted molar refractivity (Wildman–Crippen MR) is 65.1 cm³/mol. The molecule has 0 spiro atoms. The Labute approximate surface area is 107 Å². The molecule has 2 rings (SSSR count). The van der Waals surface area contributed by atoms with E-state index >= 15 is 0 Å². The van der Waals surface area contributed by atoms with Crippen LogP contribution >= 0.6 is 0 Å². The van der Waals surface area contributed by atoms with Crippen LogP contribution in [0.2, 0.25) is 0 Å². The van der Waals surface area contributed by atoms with Gasteiger partial charge in [-0.1, -0.05) is 6.07 Å². The summed E-state index contributed by atoms with van der Waals surface area (Å²) in [6, 6.07) is 4.79. The third kappa shape index (κ3) is 3.05. The van der Waals surface area contributed by atoms with Crippen molar-refractivity contribution in [2.24, 2.45) is 0 Å². The lowest BCUT2D eigenvalue weighted by molar-refractivity contribution is 0.0509. The molecular formula is C12H13F2N3O2. The van der Waals surface area contributed by atoms with Gasteiger partial charge in [0, 0.05) is 17.5 Å². The summed E-state index contributed by atoms with van der Waals surface area (Å²) < 4.78 is 24.8. The van der Waals surface area contributed by atoms with Gasteiger partial charge in [-0.05, 0) is 12.1 Å². The minimum Gasteiger partial charge on any atom is -0.395 e. The Morgan fingerprint density at radius 2 is 2.26 bits per heavy atom. The minimum atomic E-state index is -2.63. The second-order valence-electron chi connectivity index (χ2n) is 4.04. The molecule has 0 aliphatic heterocycles. The molecule has 7 heteroatoms. The topological polar surface area (TPSA) is 69.2 Å². The zero-order valence-corrected chi connectivity index (χ0v) is 10.0. The van der Waals surface area contributed by atoms with Crippen LogP contribution in [0.15, 0.2) is 24.4 Å². The molecule has 0 bridgehead atoms. The molecule has 1 heterocycles. The number of rotatable bonds is 5. The highest BCUT2D eigenvalue weighted by atomic mass is 19.3. The molecule has 0 aliphatic rings. The average Bonchev–Trinajstić information content (AvgIpc) is 2.84. The summed E-state index contributed by atoms with van der Waals surface area (Å²) in [6.45, 7) is -1.17. The molecule has 1 aromatic heterocycles. The second kappa shape index (κ2) is 5.75. The van der Waals surface area contributed by atoms with Gasteiger partial charge in [0.2, 0.25) is 0 Å². The Kier molecular flexibility index (Phi) is 4.06. The van der Waals surface area contributed by atoms with Gasteiger partial charge < -0.3 is 10.0 Å². The van der Waals surface area contributed by atoms with Crippen LogP contribution in [0.1, 0.15) is 10.4 Å². The van der Waals surface area contributed by atoms with E-state index in [9.17, 15) is 13.6 Å². The third-order valence-electron chi connectivity index (χ3n) is 2.70. The van der Waals surface area contributed by atoms with Gasteiger partial charge in [0.05, 0.1) is 24.9 Å². The number of hydrogen-bond donors (Lipinski definition) is 2. The number of carbonyl (C=O) groups excluding carboxylic acids is 1. The number of nitrogens with zero attached hydrogens (tertiary/aromatic N) is 2. The fourth-order valence-corrected chi connectivity index (χ4v) is 1.82. The van der Waals surface area contributed by atoms with Crippen molar-refractivity contribution in [3.8, 4) is 0 Å². The van der Waals surface area contributed by atoms with Gasteiger partial charge in [0.25, 0.3) is 12.3 Å². The molecule has 5 nitrogen and oxygen atoms in total. The number of hydrogen-bond acceptors (Lipinski definition) is 3. The Morgan fingerprint density at radius 1 is 1.47 bits per heavy atom. The van der Waals surface area contributed by atoms with Crippen LogP contribution in [0.5, 0.6) is 0 Å². The van der Waals surface area contributed by atoms with E-state index in [1.54, 1.807) is 24.4 Å². The van der Waals surface area contributed by atoms with Gasteiger partial charge in [0.1, 0.15) is 0 Å². The van der Waals surface area contributed by atoms with Gasteiger partial charge in [-0.15, -0.1) is 0 Å². The van der Waals surface area contributed by atoms with E-state index in [2.05, 4.69) is 10.2 Å². The number of aliphatic hydroxyl groups excluding tert-OH is 1. The molecule has 2 aromatic rings. The first-order valence-electron chi connectivity index (χ1n) is 5.73. The molecular weight excluding hydrogens is 256 g/mol. The van der Waals surface area contributed by atoms with Crippen molar-refractivity contribution in [1.29, 1.82) is 0 Å². The lowest BCUT2D eigenvalue weighted by Crippen LogP contribution is -2.37. The van der Waals surface area contributed by atoms with E-state index in [1.807, 2.05) is 0 Å². The summed E-state index contributed by atoms with van der Waals surface area (Å²) in [6.07, 6.45) is -1.03. The van der Waals surface area contributed by atoms with E-state index in [1.165, 1.54) is 0 Å². The smallest absolute Gasteiger partial charge is 0.255 e. The van der Waals surface area contributed by atoms with Crippen molar-refractivity contribution in [2.45, 2.75) is 6.43 Å². The normalized spacial score (nSPS) is 11.2. The van der Waals surface area contributed by atoms with Crippen LogP contribution in [0, 0.1) is 0 Å². The molecule has 102 valence electrons. The lowest BCUT2D eigenvalue weighted by Gasteiger charge is -2.21. The summed E-state index contributed by atoms with van der Waals surface area (Å²) >= 11 is 0. The molecule has 0 radical (unpaired) electrons. The monoisotopic (exact) mass is 269 g/mol. The van der Waals surface area contributed by atoms with Gasteiger partial charge in [-0.25, -0.2) is 8.78 Å². The highest BCUT2D eigenvalue weighted by Crippen LogP contribution is 2.15. The number of halogens is 2. The maximum atomic E-state index is 12.4. The van der Waals surface area contributed by atoms with Crippen molar-refractivity contribution in [3.63, 3.8) is 0 Å². The number of benzene rings is 1. The van der Waals surface area contributed by atoms with Gasteiger partial charge >= 0.3 is 0 Å². The number of amides is 1. The van der Waals surface area contributed by atoms with E-state index in [-0.39, 0.29) is 18.7 Å². The number of H-pyrrole nitrogens is 1. The number of aliphatic hydroxyl groups is 1. The molecule has 0 aliphatic carbocycles. The van der Waals surface area contributed by atoms with Crippen LogP contribution in [-0.4, -0.2) is 52.2 Å². The standard InChI is InChI=1S/C12H13F2N3O2/c13-11(14)7-17(3-4-18)12(19)8-1-2-9-6-15-16-10(9)5-8/h1-2,5-6,11,18H,3-4,7H2,(H,15,16). The Morgan fingerprint density at radius 3 is 2.95 bits per heavy atom. The zero-order chi connectivity index (χ0) is 13.8. The van der Waals surface area contributed by atoms with E-state index in [4.69, 9.17) is 5.11 Å². The van der Waals surface area contributed by atoms with E-state index < -0.39 is 18.9 Å². The zero-order valence-electron chi connectivity index (χ0n) is 10.0. The summed E-state index contributed by atoms with van der Waals surface area (Å²) in [4.78, 5) is 13.0. The molecule has 2 N–H and O–H groups in total.